The molecule has 8 aromatic rings. The monoisotopic (exact) mass is 1500 g/mol. The second kappa shape index (κ2) is 44.5. The third kappa shape index (κ3) is 28.7. The first kappa shape index (κ1) is 80.2. The molecule has 0 atom stereocenters. The van der Waals surface area contributed by atoms with Gasteiger partial charge < -0.3 is 81.6 Å². The SMILES string of the molecule is COC([O-])(c1ccccn1)c1ccccn1.COC([O-])(c1ccccn1)c1ccccn1.O=[N+]([O-])[O-].O=[N+]([O-])[O-].[Cd+2].[Cd+2].[Cd+2].[Cd+2].[N-]=C=O.[N-]=C=O.[O-]C(O)(c1ccccn1)c1ccccn1.[O-]C(O)(c1ccccn1)c1ccccn1. The fourth-order valence-electron chi connectivity index (χ4n) is 5.43. The Kier molecular flexibility index (Phi) is 44.6. The van der Waals surface area contributed by atoms with Crippen molar-refractivity contribution in [2.45, 2.75) is 23.1 Å². The minimum absolute atomic E-state index is 0. The van der Waals surface area contributed by atoms with E-state index in [1.807, 2.05) is 0 Å². The number of aromatic nitrogens is 8. The Labute approximate surface area is 535 Å². The minimum Gasteiger partial charge on any atom is -0.819 e. The van der Waals surface area contributed by atoms with Crippen molar-refractivity contribution in [3.63, 3.8) is 0 Å². The second-order valence-corrected chi connectivity index (χ2v) is 13.3. The topological polar surface area (TPSA) is 465 Å². The first-order valence-electron chi connectivity index (χ1n) is 20.6. The van der Waals surface area contributed by atoms with E-state index in [0.29, 0.717) is 34.9 Å². The van der Waals surface area contributed by atoms with Crippen molar-refractivity contribution in [2.24, 2.45) is 0 Å². The molecule has 8 heterocycles. The van der Waals surface area contributed by atoms with Crippen LogP contribution in [0.5, 0.6) is 0 Å². The molecule has 0 radical (unpaired) electrons. The third-order valence-electron chi connectivity index (χ3n) is 8.63. The number of carbonyl (C=O) groups excluding carboxylic acids is 2. The molecule has 32 heteroatoms. The predicted octanol–water partition coefficient (Wildman–Crippen LogP) is 0.724. The number of aliphatic hydroxyl groups is 2. The maximum atomic E-state index is 12.5. The Bertz CT molecular complexity index is 2540. The van der Waals surface area contributed by atoms with Crippen molar-refractivity contribution in [1.82, 2.24) is 39.9 Å². The van der Waals surface area contributed by atoms with Gasteiger partial charge in [0.15, 0.2) is 0 Å². The van der Waals surface area contributed by atoms with E-state index in [-0.39, 0.29) is 132 Å². The smallest absolute Gasteiger partial charge is 0.819 e. The quantitative estimate of drug-likeness (QED) is 0.0476. The van der Waals surface area contributed by atoms with Crippen molar-refractivity contribution < 1.29 is 169 Å². The summed E-state index contributed by atoms with van der Waals surface area (Å²) < 4.78 is 10.1. The first-order valence-corrected chi connectivity index (χ1v) is 20.6. The van der Waals surface area contributed by atoms with Gasteiger partial charge in [-0.15, -0.1) is 0 Å². The van der Waals surface area contributed by atoms with Crippen LogP contribution in [0.1, 0.15) is 45.6 Å². The van der Waals surface area contributed by atoms with Crippen LogP contribution in [0.4, 0.5) is 0 Å². The molecule has 8 rings (SSSR count). The fraction of sp³-hybridized carbons (Fsp3) is 0.125. The summed E-state index contributed by atoms with van der Waals surface area (Å²) in [5.41, 5.74) is 1.39. The molecule has 0 fully saturated rings. The average Bonchev–Trinajstić information content (AvgIpc) is 3.45. The normalized spacial score (nSPS) is 9.60. The molecule has 0 unspecified atom stereocenters. The number of ether oxygens (including phenoxy) is 2. The number of methoxy groups -OCH3 is 2. The molecule has 0 aromatic carbocycles. The molecule has 0 saturated carbocycles. The summed E-state index contributed by atoms with van der Waals surface area (Å²) in [6.45, 7) is 0. The molecule has 0 saturated heterocycles. The van der Waals surface area contributed by atoms with Crippen LogP contribution in [0.15, 0.2) is 195 Å². The second-order valence-electron chi connectivity index (χ2n) is 13.3. The summed E-state index contributed by atoms with van der Waals surface area (Å²) in [4.78, 5) is 64.4. The number of hydrogen-bond donors (Lipinski definition) is 2. The zero-order valence-electron chi connectivity index (χ0n) is 42.3. The van der Waals surface area contributed by atoms with Gasteiger partial charge in [0.2, 0.25) is 0 Å². The van der Waals surface area contributed by atoms with Crippen LogP contribution in [0.2, 0.25) is 0 Å². The largest absolute Gasteiger partial charge is 2.00 e. The van der Waals surface area contributed by atoms with Crippen LogP contribution in [-0.4, -0.2) is 86.6 Å². The van der Waals surface area contributed by atoms with Gasteiger partial charge in [0, 0.05) is 63.8 Å². The molecule has 0 aliphatic heterocycles. The number of nitrogens with zero attached hydrogens (tertiary/aromatic N) is 12. The maximum absolute atomic E-state index is 12.5. The molecule has 0 bridgehead atoms. The predicted molar refractivity (Wildman–Crippen MR) is 254 cm³/mol. The van der Waals surface area contributed by atoms with Gasteiger partial charge in [-0.1, -0.05) is 48.5 Å². The Morgan fingerprint density at radius 2 is 0.500 bits per heavy atom. The molecule has 8 aromatic heterocycles. The van der Waals surface area contributed by atoms with Crippen LogP contribution >= 0.6 is 0 Å². The molecule has 2 N–H and O–H groups in total. The van der Waals surface area contributed by atoms with Crippen molar-refractivity contribution in [2.75, 3.05) is 14.2 Å². The van der Waals surface area contributed by atoms with E-state index in [1.165, 1.54) is 63.3 Å². The van der Waals surface area contributed by atoms with Crippen LogP contribution in [0, 0.1) is 30.6 Å². The Balaban J connectivity index is -0.000000439. The van der Waals surface area contributed by atoms with Crippen LogP contribution in [0.3, 0.4) is 0 Å². The fourth-order valence-corrected chi connectivity index (χ4v) is 5.43. The zero-order valence-corrected chi connectivity index (χ0v) is 58.4. The molecule has 0 aliphatic rings. The van der Waals surface area contributed by atoms with E-state index < -0.39 is 33.3 Å². The van der Waals surface area contributed by atoms with Gasteiger partial charge in [0.05, 0.1) is 78.9 Å². The van der Waals surface area contributed by atoms with E-state index >= 15 is 0 Å². The van der Waals surface area contributed by atoms with Crippen LogP contribution in [0.25, 0.3) is 10.8 Å². The zero-order chi connectivity index (χ0) is 56.9. The molecule has 396 valence electrons. The van der Waals surface area contributed by atoms with Crippen molar-refractivity contribution in [1.29, 1.82) is 0 Å². The molecule has 0 amide bonds. The Morgan fingerprint density at radius 3 is 0.600 bits per heavy atom. The molecule has 0 spiro atoms. The van der Waals surface area contributed by atoms with E-state index in [4.69, 9.17) is 60.5 Å². The maximum Gasteiger partial charge on any atom is 2.00 e. The summed E-state index contributed by atoms with van der Waals surface area (Å²) >= 11 is 0. The number of hydrogen-bond acceptors (Lipinski definition) is 24. The van der Waals surface area contributed by atoms with Crippen molar-refractivity contribution in [3.8, 4) is 0 Å². The van der Waals surface area contributed by atoms with Gasteiger partial charge in [-0.25, -0.2) is 0 Å². The molecular formula is C48H40Cd4N12O16. The minimum atomic E-state index is -2.39. The van der Waals surface area contributed by atoms with Gasteiger partial charge in [-0.3, -0.25) is 49.5 Å². The summed E-state index contributed by atoms with van der Waals surface area (Å²) in [5, 5.41) is 112. The van der Waals surface area contributed by atoms with Gasteiger partial charge in [0.25, 0.3) is 0 Å². The number of isocyanates is 2. The average molecular weight is 1490 g/mol. The van der Waals surface area contributed by atoms with E-state index in [0.717, 1.165) is 0 Å². The Morgan fingerprint density at radius 1 is 0.375 bits per heavy atom. The molecule has 0 aliphatic carbocycles. The van der Waals surface area contributed by atoms with E-state index in [2.05, 4.69) is 39.9 Å². The van der Waals surface area contributed by atoms with Crippen molar-refractivity contribution in [3.05, 3.63) is 282 Å². The molecular weight excluding hydrogens is 1450 g/mol. The van der Waals surface area contributed by atoms with Crippen LogP contribution in [-0.2, 0) is 151 Å². The molecule has 28 nitrogen and oxygen atoms in total. The van der Waals surface area contributed by atoms with Gasteiger partial charge in [-0.05, 0) is 109 Å². The van der Waals surface area contributed by atoms with E-state index in [9.17, 15) is 30.6 Å². The van der Waals surface area contributed by atoms with Gasteiger partial charge in [-0.2, -0.15) is 0 Å². The van der Waals surface area contributed by atoms with Crippen molar-refractivity contribution >= 4 is 12.2 Å². The van der Waals surface area contributed by atoms with Gasteiger partial charge in [0.1, 0.15) is 0 Å². The molecule has 80 heavy (non-hydrogen) atoms. The Hall–Kier alpha value is -6.27. The first-order chi connectivity index (χ1) is 36.3. The standard InChI is InChI=1S/2C12H11N2O2.2C11H9N2O2.2CNO.4Cd.2NO3/c2*1-16-12(15,10-6-2-4-8-13-10)11-7-3-5-9-14-11;2*14-11(15,9-5-1-3-7-12-9)10-6-2-4-8-13-10;2*2-1-3;;;;;2*2-1(3)4/h2*2-9H,1H3;2*1-8,14H;;;;;;;;/q6*-1;4*+2;2*-1. The van der Waals surface area contributed by atoms with Gasteiger partial charge >= 0.3 is 109 Å². The van der Waals surface area contributed by atoms with Crippen LogP contribution < -0.4 is 20.4 Å². The summed E-state index contributed by atoms with van der Waals surface area (Å²) in [7, 11) is 2.72. The van der Waals surface area contributed by atoms with E-state index in [1.54, 1.807) is 146 Å². The number of pyridine rings is 8. The summed E-state index contributed by atoms with van der Waals surface area (Å²) in [5.74, 6) is -8.46. The third-order valence-corrected chi connectivity index (χ3v) is 8.63. The summed E-state index contributed by atoms with van der Waals surface area (Å²) in [6, 6.07) is 39.7. The number of rotatable bonds is 10. The summed E-state index contributed by atoms with van der Waals surface area (Å²) in [6.07, 6.45) is 13.1.